The zero-order valence-corrected chi connectivity index (χ0v) is 51.6. The number of rotatable bonds is 16. The van der Waals surface area contributed by atoms with Gasteiger partial charge >= 0.3 is 0 Å². The van der Waals surface area contributed by atoms with E-state index in [9.17, 15) is 19.2 Å². The monoisotopic (exact) mass is 1140 g/mol. The fraction of sp³-hybridized carbons (Fsp3) is 0.507. The number of anilines is 1. The Kier molecular flexibility index (Phi) is 23.9. The zero-order valence-electron chi connectivity index (χ0n) is 50.8. The van der Waals surface area contributed by atoms with Crippen LogP contribution in [0.4, 0.5) is 5.69 Å². The van der Waals surface area contributed by atoms with Crippen LogP contribution in [0.5, 0.6) is 0 Å². The van der Waals surface area contributed by atoms with Gasteiger partial charge in [-0.05, 0) is 149 Å². The molecule has 5 aromatic rings. The number of carbonyl (C=O) groups is 4. The summed E-state index contributed by atoms with van der Waals surface area (Å²) in [6, 6.07) is 43.8. The van der Waals surface area contributed by atoms with Crippen molar-refractivity contribution in [1.82, 2.24) is 19.6 Å². The first-order valence-electron chi connectivity index (χ1n) is 29.9. The molecule has 4 heterocycles. The van der Waals surface area contributed by atoms with Crippen LogP contribution in [0.15, 0.2) is 138 Å². The number of carbonyl (C=O) groups excluding carboxylic acids is 4. The predicted molar refractivity (Wildman–Crippen MR) is 334 cm³/mol. The normalized spacial score (nSPS) is 18.8. The van der Waals surface area contributed by atoms with Gasteiger partial charge in [-0.1, -0.05) is 122 Å². The average Bonchev–Trinajstić information content (AvgIpc) is 4.15. The third kappa shape index (κ3) is 16.5. The molecule has 0 spiro atoms. The Morgan fingerprint density at radius 1 is 0.500 bits per heavy atom. The lowest BCUT2D eigenvalue weighted by atomic mass is 9.75. The molecule has 82 heavy (non-hydrogen) atoms. The topological polar surface area (TPSA) is 112 Å². The summed E-state index contributed by atoms with van der Waals surface area (Å²) in [4.78, 5) is 64.0. The van der Waals surface area contributed by atoms with E-state index in [0.29, 0.717) is 38.6 Å². The van der Waals surface area contributed by atoms with Crippen LogP contribution in [-0.4, -0.2) is 177 Å². The number of hydrogen-bond donors (Lipinski definition) is 0. The number of morpholine rings is 3. The summed E-state index contributed by atoms with van der Waals surface area (Å²) < 4.78 is 16.1. The molecule has 10 rings (SSSR count). The number of likely N-dealkylation sites (tertiary alicyclic amines) is 1. The molecule has 12 nitrogen and oxygen atoms in total. The summed E-state index contributed by atoms with van der Waals surface area (Å²) >= 11 is 1.69. The summed E-state index contributed by atoms with van der Waals surface area (Å²) in [5.74, 6) is 0.887. The summed E-state index contributed by atoms with van der Waals surface area (Å²) in [6.45, 7) is 23.8. The SMILES string of the molecule is CC(C)(C(=O)c1ccccc1)N1CCOCC1.CSc1ccc(C(=O)C(C)(C)N2CCOCC2)cc1.Cc1ccc(CC(C)(C(=O)c2ccc(N3CCOCC3)cc2)N(C)C)cc1.O=C(c1ccccc1)C1(N2CCCC2)CCCCC1. The number of aryl methyl sites for hydroxylation is 1. The van der Waals surface area contributed by atoms with Crippen LogP contribution in [0.1, 0.15) is 132 Å². The van der Waals surface area contributed by atoms with E-state index in [4.69, 9.17) is 14.2 Å². The standard InChI is InChI=1S/C23H30N2O2.C17H23NO.C15H21NO2S.C14H19NO2/c1-18-5-7-19(8-6-18)17-23(2,24(3)4)22(26)20-9-11-21(12-10-20)25-13-15-27-16-14-25;19-16(15-9-3-1-4-10-15)17(11-5-2-6-12-17)18-13-7-8-14-18;1-15(2,16-8-10-18-11-9-16)14(17)12-4-6-13(19-3)7-5-12;1-14(2,15-8-10-17-11-9-15)13(16)12-6-4-3-5-7-12/h5-12H,13-17H2,1-4H3;1,3-4,9-10H,2,5-8,11-14H2;4-7H,8-11H2,1-3H3;3-7H,8-11H2,1-2H3. The number of ether oxygens (including phenoxy) is 3. The van der Waals surface area contributed by atoms with Gasteiger partial charge in [-0.3, -0.25) is 38.8 Å². The Morgan fingerprint density at radius 3 is 1.39 bits per heavy atom. The molecule has 1 aliphatic carbocycles. The van der Waals surface area contributed by atoms with E-state index in [1.54, 1.807) is 11.8 Å². The minimum atomic E-state index is -0.588. The van der Waals surface area contributed by atoms with Gasteiger partial charge in [-0.2, -0.15) is 0 Å². The average molecular weight is 1140 g/mol. The quantitative estimate of drug-likeness (QED) is 0.0691. The Labute approximate surface area is 495 Å². The first-order chi connectivity index (χ1) is 39.4. The van der Waals surface area contributed by atoms with Gasteiger partial charge in [0.2, 0.25) is 0 Å². The van der Waals surface area contributed by atoms with Crippen LogP contribution < -0.4 is 4.90 Å². The molecule has 1 unspecified atom stereocenters. The van der Waals surface area contributed by atoms with Crippen LogP contribution in [0.25, 0.3) is 0 Å². The van der Waals surface area contributed by atoms with Crippen molar-refractivity contribution in [2.75, 3.05) is 117 Å². The minimum absolute atomic E-state index is 0.154. The molecule has 0 bridgehead atoms. The molecule has 0 amide bonds. The first kappa shape index (κ1) is 64.2. The highest BCUT2D eigenvalue weighted by molar-refractivity contribution is 7.98. The Bertz CT molecular complexity index is 2760. The predicted octanol–water partition coefficient (Wildman–Crippen LogP) is 11.9. The number of thioether (sulfide) groups is 1. The lowest BCUT2D eigenvalue weighted by Gasteiger charge is -2.43. The fourth-order valence-corrected chi connectivity index (χ4v) is 12.3. The maximum absolute atomic E-state index is 13.4. The second-order valence-corrected chi connectivity index (χ2v) is 24.7. The molecule has 0 aromatic heterocycles. The molecule has 5 aliphatic rings. The van der Waals surface area contributed by atoms with Crippen molar-refractivity contribution in [3.8, 4) is 0 Å². The van der Waals surface area contributed by atoms with Gasteiger partial charge in [0.1, 0.15) is 0 Å². The van der Waals surface area contributed by atoms with Gasteiger partial charge in [-0.25, -0.2) is 0 Å². The van der Waals surface area contributed by atoms with Crippen molar-refractivity contribution in [2.45, 2.75) is 120 Å². The highest BCUT2D eigenvalue weighted by Gasteiger charge is 2.45. The molecule has 1 atom stereocenters. The fourth-order valence-electron chi connectivity index (χ4n) is 11.9. The lowest BCUT2D eigenvalue weighted by Crippen LogP contribution is -2.54. The second-order valence-electron chi connectivity index (χ2n) is 23.9. The number of benzene rings is 5. The Balaban J connectivity index is 0.000000160. The van der Waals surface area contributed by atoms with Gasteiger partial charge in [0, 0.05) is 72.1 Å². The van der Waals surface area contributed by atoms with Crippen LogP contribution in [0.2, 0.25) is 0 Å². The van der Waals surface area contributed by atoms with Gasteiger partial charge in [0.15, 0.2) is 23.1 Å². The minimum Gasteiger partial charge on any atom is -0.379 e. The third-order valence-electron chi connectivity index (χ3n) is 17.6. The molecule has 1 saturated carbocycles. The largest absolute Gasteiger partial charge is 0.379 e. The van der Waals surface area contributed by atoms with E-state index in [-0.39, 0.29) is 22.9 Å². The molecule has 0 radical (unpaired) electrons. The van der Waals surface area contributed by atoms with Crippen molar-refractivity contribution in [1.29, 1.82) is 0 Å². The maximum atomic E-state index is 13.4. The number of nitrogens with zero attached hydrogens (tertiary/aromatic N) is 5. The van der Waals surface area contributed by atoms with Crippen molar-refractivity contribution in [3.63, 3.8) is 0 Å². The summed E-state index contributed by atoms with van der Waals surface area (Å²) in [5.41, 5.74) is 5.09. The summed E-state index contributed by atoms with van der Waals surface area (Å²) in [6.07, 6.45) is 11.0. The van der Waals surface area contributed by atoms with E-state index in [2.05, 4.69) is 62.9 Å². The summed E-state index contributed by atoms with van der Waals surface area (Å²) in [5, 5.41) is 0. The Morgan fingerprint density at radius 2 is 0.927 bits per heavy atom. The van der Waals surface area contributed by atoms with Gasteiger partial charge in [0.05, 0.1) is 61.8 Å². The van der Waals surface area contributed by atoms with Crippen LogP contribution in [0, 0.1) is 6.92 Å². The molecule has 5 aromatic carbocycles. The highest BCUT2D eigenvalue weighted by Crippen LogP contribution is 2.39. The summed E-state index contributed by atoms with van der Waals surface area (Å²) in [7, 11) is 3.96. The van der Waals surface area contributed by atoms with E-state index in [0.717, 1.165) is 106 Å². The molecular formula is C69H93N5O7S. The molecule has 442 valence electrons. The first-order valence-corrected chi connectivity index (χ1v) is 31.1. The molecule has 13 heteroatoms. The van der Waals surface area contributed by atoms with E-state index in [1.807, 2.05) is 157 Å². The van der Waals surface area contributed by atoms with Gasteiger partial charge in [0.25, 0.3) is 0 Å². The van der Waals surface area contributed by atoms with Crippen molar-refractivity contribution < 1.29 is 33.4 Å². The third-order valence-corrected chi connectivity index (χ3v) is 18.3. The molecule has 4 aliphatic heterocycles. The van der Waals surface area contributed by atoms with Gasteiger partial charge in [-0.15, -0.1) is 11.8 Å². The van der Waals surface area contributed by atoms with E-state index >= 15 is 0 Å². The second kappa shape index (κ2) is 30.5. The highest BCUT2D eigenvalue weighted by atomic mass is 32.2. The number of hydrogen-bond acceptors (Lipinski definition) is 13. The van der Waals surface area contributed by atoms with Crippen molar-refractivity contribution in [2.24, 2.45) is 0 Å². The molecular weight excluding hydrogens is 1040 g/mol. The van der Waals surface area contributed by atoms with Crippen molar-refractivity contribution >= 4 is 40.6 Å². The van der Waals surface area contributed by atoms with E-state index < -0.39 is 16.6 Å². The molecule has 5 fully saturated rings. The van der Waals surface area contributed by atoms with Crippen LogP contribution >= 0.6 is 11.8 Å². The van der Waals surface area contributed by atoms with E-state index in [1.165, 1.54) is 48.1 Å². The zero-order chi connectivity index (χ0) is 58.8. The molecule has 0 N–H and O–H groups in total. The number of likely N-dealkylation sites (N-methyl/N-ethyl adjacent to an activating group) is 1. The van der Waals surface area contributed by atoms with Gasteiger partial charge < -0.3 is 19.1 Å². The van der Waals surface area contributed by atoms with Crippen molar-refractivity contribution in [3.05, 3.63) is 167 Å². The molecule has 4 saturated heterocycles. The van der Waals surface area contributed by atoms with Crippen LogP contribution in [-0.2, 0) is 20.6 Å². The smallest absolute Gasteiger partial charge is 0.183 e. The lowest BCUT2D eigenvalue weighted by molar-refractivity contribution is -0.00442. The number of Topliss-reactive ketones (excluding diaryl/α,β-unsaturated/α-hetero) is 4. The van der Waals surface area contributed by atoms with Crippen LogP contribution in [0.3, 0.4) is 0 Å². The number of ketones is 4. The Hall–Kier alpha value is -5.35. The maximum Gasteiger partial charge on any atom is 0.183 e.